The van der Waals surface area contributed by atoms with Crippen molar-refractivity contribution in [2.75, 3.05) is 12.8 Å². The van der Waals surface area contributed by atoms with Crippen LogP contribution in [0.25, 0.3) is 11.3 Å². The van der Waals surface area contributed by atoms with Crippen molar-refractivity contribution in [3.8, 4) is 23.1 Å². The minimum Gasteiger partial charge on any atom is -0.496 e. The number of rotatable bonds is 3. The van der Waals surface area contributed by atoms with Crippen LogP contribution in [-0.4, -0.2) is 17.1 Å². The summed E-state index contributed by atoms with van der Waals surface area (Å²) in [6, 6.07) is 7.37. The summed E-state index contributed by atoms with van der Waals surface area (Å²) in [6.07, 6.45) is 0. The Morgan fingerprint density at radius 2 is 2.00 bits per heavy atom. The Morgan fingerprint density at radius 3 is 2.57 bits per heavy atom. The summed E-state index contributed by atoms with van der Waals surface area (Å²) in [5.74, 6) is 1.95. The fourth-order valence-electron chi connectivity index (χ4n) is 2.03. The highest BCUT2D eigenvalue weighted by atomic mass is 16.5. The van der Waals surface area contributed by atoms with Gasteiger partial charge < -0.3 is 10.5 Å². The number of nitrogen functional groups attached to an aromatic ring is 1. The van der Waals surface area contributed by atoms with Crippen molar-refractivity contribution >= 4 is 5.82 Å². The van der Waals surface area contributed by atoms with E-state index in [2.05, 4.69) is 16.0 Å². The van der Waals surface area contributed by atoms with E-state index in [0.29, 0.717) is 28.6 Å². The number of nitriles is 1. The van der Waals surface area contributed by atoms with E-state index in [1.165, 1.54) is 0 Å². The van der Waals surface area contributed by atoms with E-state index in [1.54, 1.807) is 25.3 Å². The Kier molecular flexibility index (Phi) is 4.08. The number of aromatic nitrogens is 2. The van der Waals surface area contributed by atoms with Gasteiger partial charge in [0, 0.05) is 17.0 Å². The van der Waals surface area contributed by atoms with Gasteiger partial charge in [-0.3, -0.25) is 0 Å². The molecule has 0 saturated carbocycles. The van der Waals surface area contributed by atoms with E-state index in [-0.39, 0.29) is 5.92 Å². The van der Waals surface area contributed by atoms with Gasteiger partial charge in [0.25, 0.3) is 0 Å². The monoisotopic (exact) mass is 282 g/mol. The molecule has 0 radical (unpaired) electrons. The third-order valence-corrected chi connectivity index (χ3v) is 3.30. The third-order valence-electron chi connectivity index (χ3n) is 3.30. The summed E-state index contributed by atoms with van der Waals surface area (Å²) in [5.41, 5.74) is 8.80. The van der Waals surface area contributed by atoms with E-state index in [9.17, 15) is 0 Å². The largest absolute Gasteiger partial charge is 0.496 e. The molecule has 1 heterocycles. The van der Waals surface area contributed by atoms with Crippen molar-refractivity contribution < 1.29 is 4.74 Å². The molecular weight excluding hydrogens is 264 g/mol. The molecule has 0 atom stereocenters. The molecule has 0 bridgehead atoms. The van der Waals surface area contributed by atoms with E-state index >= 15 is 0 Å². The quantitative estimate of drug-likeness (QED) is 0.935. The Labute approximate surface area is 124 Å². The second-order valence-corrected chi connectivity index (χ2v) is 5.12. The highest BCUT2D eigenvalue weighted by molar-refractivity contribution is 5.74. The van der Waals surface area contributed by atoms with Crippen molar-refractivity contribution in [3.05, 3.63) is 35.2 Å². The number of ether oxygens (including phenoxy) is 1. The summed E-state index contributed by atoms with van der Waals surface area (Å²) >= 11 is 0. The fraction of sp³-hybridized carbons (Fsp3) is 0.312. The first-order valence-electron chi connectivity index (χ1n) is 6.70. The molecule has 2 rings (SSSR count). The van der Waals surface area contributed by atoms with Gasteiger partial charge in [0.2, 0.25) is 0 Å². The number of hydrogen-bond acceptors (Lipinski definition) is 5. The van der Waals surface area contributed by atoms with Crippen molar-refractivity contribution in [1.82, 2.24) is 9.97 Å². The van der Waals surface area contributed by atoms with Crippen LogP contribution in [-0.2, 0) is 0 Å². The summed E-state index contributed by atoms with van der Waals surface area (Å²) in [5, 5.41) is 9.09. The molecule has 5 heteroatoms. The maximum Gasteiger partial charge on any atom is 0.133 e. The predicted molar refractivity (Wildman–Crippen MR) is 82.0 cm³/mol. The topological polar surface area (TPSA) is 84.8 Å². The van der Waals surface area contributed by atoms with Gasteiger partial charge in [-0.05, 0) is 25.1 Å². The van der Waals surface area contributed by atoms with Crippen molar-refractivity contribution in [2.24, 2.45) is 0 Å². The molecule has 0 aliphatic rings. The summed E-state index contributed by atoms with van der Waals surface area (Å²) in [4.78, 5) is 8.92. The first-order valence-corrected chi connectivity index (χ1v) is 6.70. The molecule has 2 N–H and O–H groups in total. The molecule has 108 valence electrons. The lowest BCUT2D eigenvalue weighted by Crippen LogP contribution is -2.06. The van der Waals surface area contributed by atoms with Crippen LogP contribution in [0.5, 0.6) is 5.75 Å². The van der Waals surface area contributed by atoms with E-state index < -0.39 is 0 Å². The smallest absolute Gasteiger partial charge is 0.133 e. The van der Waals surface area contributed by atoms with Crippen molar-refractivity contribution in [2.45, 2.75) is 26.7 Å². The minimum atomic E-state index is 0.164. The average molecular weight is 282 g/mol. The van der Waals surface area contributed by atoms with Crippen LogP contribution >= 0.6 is 0 Å². The Balaban J connectivity index is 2.74. The zero-order valence-electron chi connectivity index (χ0n) is 12.6. The van der Waals surface area contributed by atoms with Gasteiger partial charge >= 0.3 is 0 Å². The average Bonchev–Trinajstić information content (AvgIpc) is 2.49. The summed E-state index contributed by atoms with van der Waals surface area (Å²) in [6.45, 7) is 5.89. The molecule has 0 aliphatic carbocycles. The highest BCUT2D eigenvalue weighted by Gasteiger charge is 2.16. The second-order valence-electron chi connectivity index (χ2n) is 5.12. The Hall–Kier alpha value is -2.61. The fourth-order valence-corrected chi connectivity index (χ4v) is 2.03. The minimum absolute atomic E-state index is 0.164. The van der Waals surface area contributed by atoms with E-state index in [0.717, 1.165) is 11.1 Å². The third kappa shape index (κ3) is 2.79. The lowest BCUT2D eigenvalue weighted by molar-refractivity contribution is 0.416. The van der Waals surface area contributed by atoms with Crippen LogP contribution in [0.2, 0.25) is 0 Å². The number of benzene rings is 1. The van der Waals surface area contributed by atoms with Crippen molar-refractivity contribution in [3.63, 3.8) is 0 Å². The molecule has 0 spiro atoms. The summed E-state index contributed by atoms with van der Waals surface area (Å²) < 4.78 is 5.38. The standard InChI is InChI=1S/C16H18N4O/c1-9(2)16-19-14(10(3)15(18)20-16)12-7-11(8-17)5-6-13(12)21-4/h5-7,9H,1-4H3,(H2,18,19,20). The van der Waals surface area contributed by atoms with Gasteiger partial charge in [-0.15, -0.1) is 0 Å². The van der Waals surface area contributed by atoms with Gasteiger partial charge in [0.15, 0.2) is 0 Å². The zero-order valence-corrected chi connectivity index (χ0v) is 12.6. The number of nitrogens with two attached hydrogens (primary N) is 1. The molecule has 1 aromatic heterocycles. The molecule has 0 unspecified atom stereocenters. The van der Waals surface area contributed by atoms with Gasteiger partial charge in [0.1, 0.15) is 17.4 Å². The molecule has 0 saturated heterocycles. The van der Waals surface area contributed by atoms with Crippen LogP contribution in [0.3, 0.4) is 0 Å². The normalized spacial score (nSPS) is 10.5. The van der Waals surface area contributed by atoms with Gasteiger partial charge in [-0.2, -0.15) is 5.26 Å². The summed E-state index contributed by atoms with van der Waals surface area (Å²) in [7, 11) is 1.59. The van der Waals surface area contributed by atoms with Crippen LogP contribution in [0.1, 0.15) is 36.7 Å². The van der Waals surface area contributed by atoms with E-state index in [4.69, 9.17) is 15.7 Å². The maximum absolute atomic E-state index is 9.09. The number of hydrogen-bond donors (Lipinski definition) is 1. The molecule has 5 nitrogen and oxygen atoms in total. The number of anilines is 1. The van der Waals surface area contributed by atoms with Gasteiger partial charge in [0.05, 0.1) is 24.4 Å². The molecule has 21 heavy (non-hydrogen) atoms. The Morgan fingerprint density at radius 1 is 1.29 bits per heavy atom. The molecular formula is C16H18N4O. The molecule has 2 aromatic rings. The van der Waals surface area contributed by atoms with Crippen molar-refractivity contribution in [1.29, 1.82) is 5.26 Å². The SMILES string of the molecule is COc1ccc(C#N)cc1-c1nc(C(C)C)nc(N)c1C. The van der Waals surface area contributed by atoms with Crippen LogP contribution < -0.4 is 10.5 Å². The highest BCUT2D eigenvalue weighted by Crippen LogP contribution is 2.33. The van der Waals surface area contributed by atoms with Gasteiger partial charge in [-0.1, -0.05) is 13.8 Å². The number of methoxy groups -OCH3 is 1. The maximum atomic E-state index is 9.09. The number of nitrogens with zero attached hydrogens (tertiary/aromatic N) is 3. The van der Waals surface area contributed by atoms with Crippen LogP contribution in [0, 0.1) is 18.3 Å². The molecule has 0 aliphatic heterocycles. The predicted octanol–water partition coefficient (Wildman–Crippen LogP) is 3.04. The van der Waals surface area contributed by atoms with Crippen LogP contribution in [0.4, 0.5) is 5.82 Å². The zero-order chi connectivity index (χ0) is 15.6. The van der Waals surface area contributed by atoms with Gasteiger partial charge in [-0.25, -0.2) is 9.97 Å². The Bertz CT molecular complexity index is 717. The second kappa shape index (κ2) is 5.80. The first-order chi connectivity index (χ1) is 9.97. The van der Waals surface area contributed by atoms with Crippen LogP contribution in [0.15, 0.2) is 18.2 Å². The molecule has 1 aromatic carbocycles. The molecule has 0 amide bonds. The lowest BCUT2D eigenvalue weighted by atomic mass is 10.0. The molecule has 0 fully saturated rings. The lowest BCUT2D eigenvalue weighted by Gasteiger charge is -2.14. The van der Waals surface area contributed by atoms with E-state index in [1.807, 2.05) is 20.8 Å². The first kappa shape index (κ1) is 14.8.